The average Bonchev–Trinajstić information content (AvgIpc) is 2.99. The normalized spacial score (nSPS) is 34.8. The van der Waals surface area contributed by atoms with Gasteiger partial charge >= 0.3 is 0 Å². The van der Waals surface area contributed by atoms with Crippen LogP contribution in [-0.2, 0) is 10.2 Å². The summed E-state index contributed by atoms with van der Waals surface area (Å²) in [7, 11) is -3.21. The minimum atomic E-state index is -3.21. The van der Waals surface area contributed by atoms with Crippen molar-refractivity contribution in [3.63, 3.8) is 0 Å². The lowest BCUT2D eigenvalue weighted by Crippen LogP contribution is -2.47. The second-order valence-electron chi connectivity index (χ2n) is 6.35. The average molecular weight is 287 g/mol. The van der Waals surface area contributed by atoms with E-state index in [1.54, 1.807) is 8.61 Å². The fourth-order valence-electron chi connectivity index (χ4n) is 3.92. The third-order valence-corrected chi connectivity index (χ3v) is 7.22. The number of nitrogens with two attached hydrogens (primary N) is 1. The third-order valence-electron chi connectivity index (χ3n) is 5.25. The van der Waals surface area contributed by atoms with E-state index in [1.807, 2.05) is 0 Å². The molecule has 0 amide bonds. The quantitative estimate of drug-likeness (QED) is 0.828. The highest BCUT2D eigenvalue weighted by atomic mass is 32.2. The van der Waals surface area contributed by atoms with Crippen molar-refractivity contribution in [2.75, 3.05) is 32.7 Å². The number of hydrogen-bond acceptors (Lipinski definition) is 3. The summed E-state index contributed by atoms with van der Waals surface area (Å²) in [6.45, 7) is 3.49. The molecule has 2 heterocycles. The van der Waals surface area contributed by atoms with Gasteiger partial charge < -0.3 is 5.73 Å². The van der Waals surface area contributed by atoms with Gasteiger partial charge in [0.05, 0.1) is 0 Å². The van der Waals surface area contributed by atoms with E-state index in [2.05, 4.69) is 0 Å². The van der Waals surface area contributed by atoms with Crippen molar-refractivity contribution >= 4 is 10.2 Å². The molecule has 0 aromatic rings. The van der Waals surface area contributed by atoms with E-state index in [1.165, 1.54) is 19.3 Å². The monoisotopic (exact) mass is 287 g/mol. The Bertz CT molecular complexity index is 406. The molecule has 6 heteroatoms. The molecule has 3 rings (SSSR count). The van der Waals surface area contributed by atoms with Gasteiger partial charge in [0, 0.05) is 26.2 Å². The van der Waals surface area contributed by atoms with Crippen molar-refractivity contribution in [1.29, 1.82) is 0 Å². The molecule has 3 fully saturated rings. The molecule has 0 radical (unpaired) electrons. The number of rotatable bonds is 3. The first-order valence-corrected chi connectivity index (χ1v) is 8.96. The Kier molecular flexibility index (Phi) is 3.86. The lowest BCUT2D eigenvalue weighted by molar-refractivity contribution is 0.261. The summed E-state index contributed by atoms with van der Waals surface area (Å²) in [5, 5.41) is 0. The van der Waals surface area contributed by atoms with Crippen LogP contribution in [0.15, 0.2) is 0 Å². The maximum atomic E-state index is 12.6. The second-order valence-corrected chi connectivity index (χ2v) is 8.28. The lowest BCUT2D eigenvalue weighted by atomic mass is 9.99. The molecule has 3 aliphatic rings. The minimum absolute atomic E-state index is 0.504. The van der Waals surface area contributed by atoms with E-state index < -0.39 is 10.2 Å². The van der Waals surface area contributed by atoms with Crippen LogP contribution in [0.2, 0.25) is 0 Å². The van der Waals surface area contributed by atoms with Crippen molar-refractivity contribution < 1.29 is 8.42 Å². The Balaban J connectivity index is 1.64. The van der Waals surface area contributed by atoms with Gasteiger partial charge in [0.15, 0.2) is 0 Å². The SMILES string of the molecule is NCC1CCN(S(=O)(=O)N2CC3CCCC3C2)CC1. The van der Waals surface area contributed by atoms with Crippen LogP contribution >= 0.6 is 0 Å². The Hall–Kier alpha value is -0.170. The van der Waals surface area contributed by atoms with Crippen LogP contribution in [0.5, 0.6) is 0 Å². The molecule has 2 saturated heterocycles. The Morgan fingerprint density at radius 3 is 2.05 bits per heavy atom. The van der Waals surface area contributed by atoms with E-state index in [-0.39, 0.29) is 0 Å². The van der Waals surface area contributed by atoms with Crippen molar-refractivity contribution in [1.82, 2.24) is 8.61 Å². The van der Waals surface area contributed by atoms with Gasteiger partial charge in [-0.15, -0.1) is 0 Å². The fourth-order valence-corrected chi connectivity index (χ4v) is 5.68. The summed E-state index contributed by atoms with van der Waals surface area (Å²) in [6.07, 6.45) is 5.54. The van der Waals surface area contributed by atoms with Gasteiger partial charge in [-0.1, -0.05) is 6.42 Å². The van der Waals surface area contributed by atoms with E-state index in [0.29, 0.717) is 37.4 Å². The number of nitrogens with zero attached hydrogens (tertiary/aromatic N) is 2. The largest absolute Gasteiger partial charge is 0.330 e. The van der Waals surface area contributed by atoms with Gasteiger partial charge in [-0.05, 0) is 50.0 Å². The maximum absolute atomic E-state index is 12.6. The highest BCUT2D eigenvalue weighted by Gasteiger charge is 2.43. The zero-order valence-corrected chi connectivity index (χ0v) is 12.3. The van der Waals surface area contributed by atoms with Crippen LogP contribution in [0.25, 0.3) is 0 Å². The smallest absolute Gasteiger partial charge is 0.281 e. The standard InChI is InChI=1S/C13H25N3O2S/c14-8-11-4-6-15(7-5-11)19(17,18)16-9-12-2-1-3-13(12)10-16/h11-13H,1-10,14H2. The van der Waals surface area contributed by atoms with Crippen molar-refractivity contribution in [2.45, 2.75) is 32.1 Å². The lowest BCUT2D eigenvalue weighted by Gasteiger charge is -2.33. The van der Waals surface area contributed by atoms with E-state index in [4.69, 9.17) is 5.73 Å². The first kappa shape index (κ1) is 13.8. The number of hydrogen-bond donors (Lipinski definition) is 1. The summed E-state index contributed by atoms with van der Waals surface area (Å²) in [5.41, 5.74) is 5.66. The molecule has 2 unspecified atom stereocenters. The molecule has 0 spiro atoms. The van der Waals surface area contributed by atoms with Gasteiger partial charge in [-0.25, -0.2) is 0 Å². The van der Waals surface area contributed by atoms with Gasteiger partial charge in [0.1, 0.15) is 0 Å². The second kappa shape index (κ2) is 5.31. The number of piperidine rings is 1. The third kappa shape index (κ3) is 2.55. The highest BCUT2D eigenvalue weighted by Crippen LogP contribution is 2.39. The zero-order valence-electron chi connectivity index (χ0n) is 11.5. The van der Waals surface area contributed by atoms with Crippen LogP contribution in [-0.4, -0.2) is 49.8 Å². The molecule has 1 saturated carbocycles. The minimum Gasteiger partial charge on any atom is -0.330 e. The molecule has 0 aromatic heterocycles. The molecule has 1 aliphatic carbocycles. The summed E-state index contributed by atoms with van der Waals surface area (Å²) >= 11 is 0. The molecular formula is C13H25N3O2S. The van der Waals surface area contributed by atoms with E-state index >= 15 is 0 Å². The first-order chi connectivity index (χ1) is 9.11. The number of fused-ring (bicyclic) bond motifs is 1. The van der Waals surface area contributed by atoms with Crippen LogP contribution in [0.3, 0.4) is 0 Å². The predicted molar refractivity (Wildman–Crippen MR) is 74.7 cm³/mol. The van der Waals surface area contributed by atoms with Crippen LogP contribution < -0.4 is 5.73 Å². The highest BCUT2D eigenvalue weighted by molar-refractivity contribution is 7.86. The molecular weight excluding hydrogens is 262 g/mol. The Morgan fingerprint density at radius 1 is 0.947 bits per heavy atom. The molecule has 0 bridgehead atoms. The maximum Gasteiger partial charge on any atom is 0.281 e. The Labute approximate surface area is 116 Å². The summed E-state index contributed by atoms with van der Waals surface area (Å²) in [5.74, 6) is 1.75. The molecule has 19 heavy (non-hydrogen) atoms. The molecule has 2 atom stereocenters. The molecule has 0 aromatic carbocycles. The van der Waals surface area contributed by atoms with E-state index in [0.717, 1.165) is 25.9 Å². The van der Waals surface area contributed by atoms with Crippen molar-refractivity contribution in [3.05, 3.63) is 0 Å². The molecule has 2 aliphatic heterocycles. The Morgan fingerprint density at radius 2 is 1.53 bits per heavy atom. The van der Waals surface area contributed by atoms with E-state index in [9.17, 15) is 8.42 Å². The van der Waals surface area contributed by atoms with Gasteiger partial charge in [0.25, 0.3) is 10.2 Å². The topological polar surface area (TPSA) is 66.6 Å². The molecule has 2 N–H and O–H groups in total. The summed E-state index contributed by atoms with van der Waals surface area (Å²) in [6, 6.07) is 0. The van der Waals surface area contributed by atoms with Gasteiger partial charge in [-0.2, -0.15) is 17.0 Å². The van der Waals surface area contributed by atoms with Crippen molar-refractivity contribution in [2.24, 2.45) is 23.5 Å². The summed E-state index contributed by atoms with van der Waals surface area (Å²) in [4.78, 5) is 0. The zero-order chi connectivity index (χ0) is 13.5. The van der Waals surface area contributed by atoms with Crippen LogP contribution in [0.4, 0.5) is 0 Å². The predicted octanol–water partition coefficient (Wildman–Crippen LogP) is 0.634. The molecule has 5 nitrogen and oxygen atoms in total. The van der Waals surface area contributed by atoms with Crippen LogP contribution in [0, 0.1) is 17.8 Å². The van der Waals surface area contributed by atoms with Gasteiger partial charge in [-0.3, -0.25) is 0 Å². The van der Waals surface area contributed by atoms with Crippen LogP contribution in [0.1, 0.15) is 32.1 Å². The van der Waals surface area contributed by atoms with Gasteiger partial charge in [0.2, 0.25) is 0 Å². The molecule has 110 valence electrons. The first-order valence-electron chi connectivity index (χ1n) is 7.56. The van der Waals surface area contributed by atoms with Crippen molar-refractivity contribution in [3.8, 4) is 0 Å². The fraction of sp³-hybridized carbons (Fsp3) is 1.00. The summed E-state index contributed by atoms with van der Waals surface area (Å²) < 4.78 is 28.7.